The second-order valence-corrected chi connectivity index (χ2v) is 8.31. The molecular weight excluding hydrogens is 417 g/mol. The van der Waals surface area contributed by atoms with Gasteiger partial charge in [0.05, 0.1) is 10.6 Å². The Bertz CT molecular complexity index is 1340. The lowest BCUT2D eigenvalue weighted by Crippen LogP contribution is -2.12. The Labute approximate surface area is 170 Å². The molecule has 0 saturated heterocycles. The molecule has 0 aliphatic heterocycles. The number of primary sulfonamides is 1. The summed E-state index contributed by atoms with van der Waals surface area (Å²) in [6.45, 7) is 2.74. The zero-order valence-electron chi connectivity index (χ0n) is 15.8. The van der Waals surface area contributed by atoms with Crippen LogP contribution >= 0.6 is 0 Å². The van der Waals surface area contributed by atoms with Crippen LogP contribution in [-0.4, -0.2) is 22.8 Å². The van der Waals surface area contributed by atoms with E-state index in [0.717, 1.165) is 22.1 Å². The van der Waals surface area contributed by atoms with Gasteiger partial charge in [0.1, 0.15) is 0 Å². The summed E-state index contributed by atoms with van der Waals surface area (Å²) in [5, 5.41) is 9.62. The van der Waals surface area contributed by atoms with Crippen molar-refractivity contribution in [2.24, 2.45) is 5.14 Å². The number of fused-ring (bicyclic) bond motifs is 1. The van der Waals surface area contributed by atoms with Crippen LogP contribution in [-0.2, 0) is 22.7 Å². The van der Waals surface area contributed by atoms with E-state index in [9.17, 15) is 21.6 Å². The predicted octanol–water partition coefficient (Wildman–Crippen LogP) is 4.18. The Morgan fingerprint density at radius 1 is 1.07 bits per heavy atom. The number of sulfonamides is 1. The molecule has 4 aromatic rings. The van der Waals surface area contributed by atoms with Crippen LogP contribution in [0.2, 0.25) is 0 Å². The molecule has 0 unspecified atom stereocenters. The summed E-state index contributed by atoms with van der Waals surface area (Å²) in [5.41, 5.74) is 0.505. The molecule has 0 radical (unpaired) electrons. The number of aryl methyl sites for hydroxylation is 1. The van der Waals surface area contributed by atoms with Crippen LogP contribution in [0, 0.1) is 0 Å². The fourth-order valence-electron chi connectivity index (χ4n) is 3.36. The molecule has 0 amide bonds. The highest BCUT2D eigenvalue weighted by Gasteiger charge is 2.37. The summed E-state index contributed by atoms with van der Waals surface area (Å²) in [6.07, 6.45) is -1.49. The molecule has 0 aliphatic rings. The summed E-state index contributed by atoms with van der Waals surface area (Å²) < 4.78 is 66.9. The fourth-order valence-corrected chi connectivity index (χ4v) is 3.87. The van der Waals surface area contributed by atoms with E-state index in [-0.39, 0.29) is 16.1 Å². The SMILES string of the molecule is CCn1ccc2cc(-c3cn(-c4ccc(S(N)(=O)=O)cc4)nc3C(F)(F)F)ccc21. The number of hydrogen-bond acceptors (Lipinski definition) is 3. The van der Waals surface area contributed by atoms with Gasteiger partial charge in [0, 0.05) is 35.4 Å². The molecule has 2 aromatic carbocycles. The van der Waals surface area contributed by atoms with Gasteiger partial charge in [0.15, 0.2) is 5.69 Å². The molecule has 2 N–H and O–H groups in total. The Balaban J connectivity index is 1.83. The van der Waals surface area contributed by atoms with Gasteiger partial charge < -0.3 is 4.57 Å². The van der Waals surface area contributed by atoms with Crippen molar-refractivity contribution >= 4 is 20.9 Å². The maximum atomic E-state index is 13.7. The van der Waals surface area contributed by atoms with Crippen molar-refractivity contribution in [3.05, 3.63) is 66.6 Å². The molecule has 30 heavy (non-hydrogen) atoms. The first-order valence-corrected chi connectivity index (χ1v) is 10.5. The number of alkyl halides is 3. The minimum atomic E-state index is -4.66. The van der Waals surface area contributed by atoms with Gasteiger partial charge in [0.2, 0.25) is 10.0 Å². The molecule has 0 atom stereocenters. The van der Waals surface area contributed by atoms with Crippen LogP contribution in [0.4, 0.5) is 13.2 Å². The number of halogens is 3. The van der Waals surface area contributed by atoms with Gasteiger partial charge >= 0.3 is 6.18 Å². The van der Waals surface area contributed by atoms with Gasteiger partial charge in [-0.05, 0) is 55.0 Å². The summed E-state index contributed by atoms with van der Waals surface area (Å²) in [4.78, 5) is -0.138. The van der Waals surface area contributed by atoms with Gasteiger partial charge in [-0.3, -0.25) is 0 Å². The van der Waals surface area contributed by atoms with Crippen molar-refractivity contribution in [3.8, 4) is 16.8 Å². The molecule has 0 spiro atoms. The number of nitrogens with zero attached hydrogens (tertiary/aromatic N) is 3. The maximum Gasteiger partial charge on any atom is 0.435 e. The highest BCUT2D eigenvalue weighted by Crippen LogP contribution is 2.37. The number of rotatable bonds is 4. The highest BCUT2D eigenvalue weighted by atomic mass is 32.2. The first kappa shape index (κ1) is 20.2. The van der Waals surface area contributed by atoms with Crippen LogP contribution in [0.15, 0.2) is 65.8 Å². The first-order chi connectivity index (χ1) is 14.1. The molecule has 0 fully saturated rings. The van der Waals surface area contributed by atoms with E-state index in [1.54, 1.807) is 18.2 Å². The van der Waals surface area contributed by atoms with Gasteiger partial charge in [-0.15, -0.1) is 0 Å². The Kier molecular flexibility index (Phi) is 4.70. The normalized spacial score (nSPS) is 12.6. The van der Waals surface area contributed by atoms with E-state index in [2.05, 4.69) is 5.10 Å². The van der Waals surface area contributed by atoms with Gasteiger partial charge in [0.25, 0.3) is 0 Å². The molecule has 4 rings (SSSR count). The van der Waals surface area contributed by atoms with Crippen LogP contribution in [0.25, 0.3) is 27.7 Å². The van der Waals surface area contributed by atoms with E-state index >= 15 is 0 Å². The number of hydrogen-bond donors (Lipinski definition) is 1. The molecule has 2 heterocycles. The summed E-state index contributed by atoms with van der Waals surface area (Å²) in [7, 11) is -3.90. The Morgan fingerprint density at radius 2 is 1.77 bits per heavy atom. The molecule has 156 valence electrons. The second kappa shape index (κ2) is 6.99. The Hall–Kier alpha value is -3.11. The van der Waals surface area contributed by atoms with Crippen LogP contribution < -0.4 is 5.14 Å². The van der Waals surface area contributed by atoms with Crippen molar-refractivity contribution in [1.82, 2.24) is 14.3 Å². The Morgan fingerprint density at radius 3 is 2.37 bits per heavy atom. The fraction of sp³-hybridized carbons (Fsp3) is 0.150. The molecule has 0 aliphatic carbocycles. The maximum absolute atomic E-state index is 13.7. The standard InChI is InChI=1S/C20H17F3N4O2S/c1-2-26-10-9-14-11-13(3-8-18(14)26)17-12-27(25-19(17)20(21,22)23)15-4-6-16(7-5-15)30(24,28)29/h3-12H,2H2,1H3,(H2,24,28,29). The third kappa shape index (κ3) is 3.59. The van der Waals surface area contributed by atoms with E-state index in [1.165, 1.54) is 30.5 Å². The number of benzene rings is 2. The summed E-state index contributed by atoms with van der Waals surface area (Å²) in [5.74, 6) is 0. The molecule has 0 saturated carbocycles. The zero-order valence-corrected chi connectivity index (χ0v) is 16.6. The highest BCUT2D eigenvalue weighted by molar-refractivity contribution is 7.89. The second-order valence-electron chi connectivity index (χ2n) is 6.75. The van der Waals surface area contributed by atoms with Crippen LogP contribution in [0.5, 0.6) is 0 Å². The molecule has 10 heteroatoms. The lowest BCUT2D eigenvalue weighted by Gasteiger charge is -2.07. The third-order valence-electron chi connectivity index (χ3n) is 4.84. The van der Waals surface area contributed by atoms with E-state index in [0.29, 0.717) is 5.56 Å². The monoisotopic (exact) mass is 434 g/mol. The minimum absolute atomic E-state index is 0.0656. The quantitative estimate of drug-likeness (QED) is 0.523. The first-order valence-electron chi connectivity index (χ1n) is 8.97. The van der Waals surface area contributed by atoms with E-state index in [1.807, 2.05) is 23.8 Å². The van der Waals surface area contributed by atoms with E-state index < -0.39 is 21.9 Å². The predicted molar refractivity (Wildman–Crippen MR) is 107 cm³/mol. The third-order valence-corrected chi connectivity index (χ3v) is 5.76. The van der Waals surface area contributed by atoms with Gasteiger partial charge in [-0.1, -0.05) is 6.07 Å². The lowest BCUT2D eigenvalue weighted by molar-refractivity contribution is -0.140. The van der Waals surface area contributed by atoms with Crippen molar-refractivity contribution in [3.63, 3.8) is 0 Å². The number of nitrogens with two attached hydrogens (primary N) is 1. The molecular formula is C20H17F3N4O2S. The smallest absolute Gasteiger partial charge is 0.348 e. The zero-order chi connectivity index (χ0) is 21.7. The van der Waals surface area contributed by atoms with Crippen molar-refractivity contribution in [1.29, 1.82) is 0 Å². The average Bonchev–Trinajstić information content (AvgIpc) is 3.31. The summed E-state index contributed by atoms with van der Waals surface area (Å²) >= 11 is 0. The van der Waals surface area contributed by atoms with Crippen molar-refractivity contribution in [2.45, 2.75) is 24.5 Å². The van der Waals surface area contributed by atoms with Crippen LogP contribution in [0.3, 0.4) is 0 Å². The molecule has 6 nitrogen and oxygen atoms in total. The largest absolute Gasteiger partial charge is 0.435 e. The van der Waals surface area contributed by atoms with Crippen molar-refractivity contribution in [2.75, 3.05) is 0 Å². The van der Waals surface area contributed by atoms with Crippen molar-refractivity contribution < 1.29 is 21.6 Å². The van der Waals surface area contributed by atoms with Gasteiger partial charge in [-0.25, -0.2) is 18.2 Å². The number of aromatic nitrogens is 3. The molecule has 0 bridgehead atoms. The lowest BCUT2D eigenvalue weighted by atomic mass is 10.0. The molecule has 2 aromatic heterocycles. The van der Waals surface area contributed by atoms with E-state index in [4.69, 9.17) is 5.14 Å². The minimum Gasteiger partial charge on any atom is -0.348 e. The topological polar surface area (TPSA) is 82.9 Å². The summed E-state index contributed by atoms with van der Waals surface area (Å²) in [6, 6.07) is 12.1. The average molecular weight is 434 g/mol. The van der Waals surface area contributed by atoms with Crippen LogP contribution in [0.1, 0.15) is 12.6 Å². The van der Waals surface area contributed by atoms with Gasteiger partial charge in [-0.2, -0.15) is 18.3 Å².